The summed E-state index contributed by atoms with van der Waals surface area (Å²) in [6.07, 6.45) is 1.80. The number of thiocarbonyl (C=S) groups is 1. The van der Waals surface area contributed by atoms with Gasteiger partial charge in [0.2, 0.25) is 0 Å². The number of carbonyl (C=O) groups excluding carboxylic acids is 1. The number of nitro benzene ring substituents is 1. The molecule has 0 unspecified atom stereocenters. The molecule has 4 rings (SSSR count). The second-order valence-corrected chi connectivity index (χ2v) is 10.8. The fourth-order valence-electron chi connectivity index (χ4n) is 3.50. The van der Waals surface area contributed by atoms with Crippen LogP contribution in [0.2, 0.25) is 0 Å². The number of methoxy groups -OCH3 is 1. The molecular formula is C26H21IN2O5S2. The first kappa shape index (κ1) is 26.1. The van der Waals surface area contributed by atoms with Crippen LogP contribution >= 0.6 is 46.6 Å². The Balaban J connectivity index is 1.50. The van der Waals surface area contributed by atoms with Gasteiger partial charge in [0, 0.05) is 12.1 Å². The van der Waals surface area contributed by atoms with Crippen LogP contribution < -0.4 is 9.47 Å². The van der Waals surface area contributed by atoms with Gasteiger partial charge in [-0.25, -0.2) is 0 Å². The van der Waals surface area contributed by atoms with Gasteiger partial charge >= 0.3 is 0 Å². The highest BCUT2D eigenvalue weighted by Crippen LogP contribution is 2.38. The number of halogens is 1. The third kappa shape index (κ3) is 6.05. The minimum Gasteiger partial charge on any atom is -0.493 e. The van der Waals surface area contributed by atoms with Crippen molar-refractivity contribution in [2.24, 2.45) is 0 Å². The third-order valence-electron chi connectivity index (χ3n) is 5.41. The minimum absolute atomic E-state index is 0.0274. The predicted molar refractivity (Wildman–Crippen MR) is 153 cm³/mol. The van der Waals surface area contributed by atoms with Gasteiger partial charge in [0.25, 0.3) is 11.6 Å². The molecule has 1 aliphatic heterocycles. The lowest BCUT2D eigenvalue weighted by Crippen LogP contribution is -2.27. The molecule has 0 saturated carbocycles. The largest absolute Gasteiger partial charge is 0.493 e. The Labute approximate surface area is 231 Å². The van der Waals surface area contributed by atoms with Gasteiger partial charge < -0.3 is 9.47 Å². The Morgan fingerprint density at radius 1 is 1.11 bits per heavy atom. The molecule has 0 aromatic heterocycles. The highest BCUT2D eigenvalue weighted by molar-refractivity contribution is 14.1. The molecule has 184 valence electrons. The molecule has 0 N–H and O–H groups in total. The lowest BCUT2D eigenvalue weighted by atomic mass is 10.1. The molecule has 1 fully saturated rings. The fourth-order valence-corrected chi connectivity index (χ4v) is 5.53. The molecule has 1 saturated heterocycles. The van der Waals surface area contributed by atoms with E-state index in [1.54, 1.807) is 36.3 Å². The number of thioether (sulfide) groups is 1. The van der Waals surface area contributed by atoms with Crippen LogP contribution in [0.5, 0.6) is 11.5 Å². The molecule has 10 heteroatoms. The second-order valence-electron chi connectivity index (χ2n) is 8.00. The average Bonchev–Trinajstić information content (AvgIpc) is 3.11. The molecule has 0 bridgehead atoms. The van der Waals surface area contributed by atoms with E-state index in [2.05, 4.69) is 22.6 Å². The summed E-state index contributed by atoms with van der Waals surface area (Å²) in [5.74, 6) is 0.948. The summed E-state index contributed by atoms with van der Waals surface area (Å²) < 4.78 is 12.9. The van der Waals surface area contributed by atoms with E-state index in [0.29, 0.717) is 27.3 Å². The first-order valence-electron chi connectivity index (χ1n) is 10.8. The minimum atomic E-state index is -0.439. The number of carbonyl (C=O) groups is 1. The van der Waals surface area contributed by atoms with Crippen molar-refractivity contribution in [3.05, 3.63) is 102 Å². The standard InChI is InChI=1S/C26H21IN2O5S2/c1-16-3-5-17(6-4-16)14-28-25(30)23(36-26(28)35)13-19-11-21(27)24(22(12-19)33-2)34-15-18-7-9-20(10-8-18)29(31)32/h3-13H,14-15H2,1-2H3/b23-13-. The lowest BCUT2D eigenvalue weighted by Gasteiger charge is -2.15. The Morgan fingerprint density at radius 3 is 2.42 bits per heavy atom. The van der Waals surface area contributed by atoms with E-state index in [4.69, 9.17) is 21.7 Å². The number of nitrogens with zero attached hydrogens (tertiary/aromatic N) is 2. The third-order valence-corrected chi connectivity index (χ3v) is 7.59. The highest BCUT2D eigenvalue weighted by atomic mass is 127. The van der Waals surface area contributed by atoms with Crippen molar-refractivity contribution in [2.75, 3.05) is 7.11 Å². The second kappa shape index (κ2) is 11.4. The molecule has 1 heterocycles. The summed E-state index contributed by atoms with van der Waals surface area (Å²) in [4.78, 5) is 25.6. The summed E-state index contributed by atoms with van der Waals surface area (Å²) in [5.41, 5.74) is 3.78. The van der Waals surface area contributed by atoms with E-state index in [-0.39, 0.29) is 18.2 Å². The smallest absolute Gasteiger partial charge is 0.269 e. The first-order chi connectivity index (χ1) is 17.2. The van der Waals surface area contributed by atoms with E-state index in [9.17, 15) is 14.9 Å². The summed E-state index contributed by atoms with van der Waals surface area (Å²) in [7, 11) is 1.55. The Morgan fingerprint density at radius 2 is 1.78 bits per heavy atom. The van der Waals surface area contributed by atoms with Gasteiger partial charge in [-0.2, -0.15) is 0 Å². The monoisotopic (exact) mass is 632 g/mol. The van der Waals surface area contributed by atoms with Crippen molar-refractivity contribution in [3.8, 4) is 11.5 Å². The number of non-ortho nitro benzene ring substituents is 1. The van der Waals surface area contributed by atoms with Crippen LogP contribution in [0, 0.1) is 20.6 Å². The van der Waals surface area contributed by atoms with Gasteiger partial charge in [-0.05, 0) is 76.5 Å². The number of hydrogen-bond acceptors (Lipinski definition) is 7. The molecule has 0 atom stereocenters. The Kier molecular flexibility index (Phi) is 8.27. The van der Waals surface area contributed by atoms with E-state index >= 15 is 0 Å². The molecule has 1 amide bonds. The Hall–Kier alpha value is -2.96. The van der Waals surface area contributed by atoms with Crippen molar-refractivity contribution in [1.82, 2.24) is 4.90 Å². The molecule has 0 aliphatic carbocycles. The van der Waals surface area contributed by atoms with Crippen molar-refractivity contribution < 1.29 is 19.2 Å². The van der Waals surface area contributed by atoms with E-state index in [1.165, 1.54) is 23.9 Å². The number of amides is 1. The van der Waals surface area contributed by atoms with Crippen molar-refractivity contribution in [1.29, 1.82) is 0 Å². The fraction of sp³-hybridized carbons (Fsp3) is 0.154. The number of ether oxygens (including phenoxy) is 2. The van der Waals surface area contributed by atoms with Gasteiger partial charge in [0.15, 0.2) is 11.5 Å². The van der Waals surface area contributed by atoms with Gasteiger partial charge in [-0.1, -0.05) is 53.8 Å². The Bertz CT molecular complexity index is 1360. The maximum atomic E-state index is 13.1. The summed E-state index contributed by atoms with van der Waals surface area (Å²) in [6.45, 7) is 2.67. The molecule has 7 nitrogen and oxygen atoms in total. The molecular weight excluding hydrogens is 611 g/mol. The summed E-state index contributed by atoms with van der Waals surface area (Å²) >= 11 is 8.92. The van der Waals surface area contributed by atoms with Gasteiger partial charge in [-0.3, -0.25) is 19.8 Å². The van der Waals surface area contributed by atoms with E-state index in [0.717, 1.165) is 25.8 Å². The number of rotatable bonds is 8. The molecule has 1 aliphatic rings. The molecule has 3 aromatic rings. The highest BCUT2D eigenvalue weighted by Gasteiger charge is 2.32. The molecule has 36 heavy (non-hydrogen) atoms. The number of nitro groups is 1. The molecule has 0 spiro atoms. The zero-order valence-electron chi connectivity index (χ0n) is 19.4. The van der Waals surface area contributed by atoms with Crippen LogP contribution in [0.1, 0.15) is 22.3 Å². The van der Waals surface area contributed by atoms with Gasteiger partial charge in [0.05, 0.1) is 27.1 Å². The first-order valence-corrected chi connectivity index (χ1v) is 13.1. The zero-order chi connectivity index (χ0) is 25.8. The average molecular weight is 633 g/mol. The predicted octanol–water partition coefficient (Wildman–Crippen LogP) is 6.50. The van der Waals surface area contributed by atoms with Crippen molar-refractivity contribution in [2.45, 2.75) is 20.1 Å². The summed E-state index contributed by atoms with van der Waals surface area (Å²) in [6, 6.07) is 17.9. The quantitative estimate of drug-likeness (QED) is 0.0923. The van der Waals surface area contributed by atoms with Crippen LogP contribution in [0.3, 0.4) is 0 Å². The number of hydrogen-bond donors (Lipinski definition) is 0. The van der Waals surface area contributed by atoms with Crippen LogP contribution in [-0.4, -0.2) is 27.2 Å². The lowest BCUT2D eigenvalue weighted by molar-refractivity contribution is -0.384. The maximum Gasteiger partial charge on any atom is 0.269 e. The van der Waals surface area contributed by atoms with E-state index < -0.39 is 4.92 Å². The van der Waals surface area contributed by atoms with Crippen molar-refractivity contribution in [3.63, 3.8) is 0 Å². The van der Waals surface area contributed by atoms with Crippen LogP contribution in [0.4, 0.5) is 5.69 Å². The summed E-state index contributed by atoms with van der Waals surface area (Å²) in [5, 5.41) is 10.8. The van der Waals surface area contributed by atoms with Crippen molar-refractivity contribution >= 4 is 68.6 Å². The molecule has 3 aromatic carbocycles. The number of aryl methyl sites for hydroxylation is 1. The normalized spacial score (nSPS) is 14.4. The SMILES string of the molecule is COc1cc(/C=C2\SC(=S)N(Cc3ccc(C)cc3)C2=O)cc(I)c1OCc1ccc([N+](=O)[O-])cc1. The van der Waals surface area contributed by atoms with Crippen LogP contribution in [0.15, 0.2) is 65.6 Å². The molecule has 0 radical (unpaired) electrons. The van der Waals surface area contributed by atoms with Gasteiger partial charge in [-0.15, -0.1) is 0 Å². The van der Waals surface area contributed by atoms with Gasteiger partial charge in [0.1, 0.15) is 10.9 Å². The topological polar surface area (TPSA) is 81.9 Å². The zero-order valence-corrected chi connectivity index (χ0v) is 23.2. The maximum absolute atomic E-state index is 13.1. The van der Waals surface area contributed by atoms with Crippen LogP contribution in [0.25, 0.3) is 6.08 Å². The van der Waals surface area contributed by atoms with Crippen LogP contribution in [-0.2, 0) is 17.9 Å². The number of benzene rings is 3. The van der Waals surface area contributed by atoms with E-state index in [1.807, 2.05) is 37.3 Å².